The Morgan fingerprint density at radius 3 is 2.47 bits per heavy atom. The molecule has 1 heterocycles. The number of nitrogens with zero attached hydrogens (tertiary/aromatic N) is 2. The van der Waals surface area contributed by atoms with Crippen molar-refractivity contribution >= 4 is 11.6 Å². The molecule has 0 aliphatic carbocycles. The molecular formula is C13H24ClN3. The second kappa shape index (κ2) is 5.40. The summed E-state index contributed by atoms with van der Waals surface area (Å²) in [4.78, 5) is 0. The van der Waals surface area contributed by atoms with E-state index in [0.29, 0.717) is 6.04 Å². The molecule has 3 nitrogen and oxygen atoms in total. The van der Waals surface area contributed by atoms with Crippen molar-refractivity contribution in [2.24, 2.45) is 5.41 Å². The van der Waals surface area contributed by atoms with Gasteiger partial charge in [0.15, 0.2) is 0 Å². The fraction of sp³-hybridized carbons (Fsp3) is 0.769. The zero-order chi connectivity index (χ0) is 13.2. The Kier molecular flexibility index (Phi) is 4.62. The molecule has 98 valence electrons. The van der Waals surface area contributed by atoms with E-state index in [1.165, 1.54) is 0 Å². The van der Waals surface area contributed by atoms with E-state index in [0.717, 1.165) is 29.5 Å². The lowest BCUT2D eigenvalue weighted by Crippen LogP contribution is -2.37. The average molecular weight is 258 g/mol. The molecule has 0 fully saturated rings. The van der Waals surface area contributed by atoms with Gasteiger partial charge in [-0.05, 0) is 26.2 Å². The Morgan fingerprint density at radius 1 is 1.41 bits per heavy atom. The molecular weight excluding hydrogens is 234 g/mol. The zero-order valence-corrected chi connectivity index (χ0v) is 12.5. The van der Waals surface area contributed by atoms with Crippen LogP contribution in [0.25, 0.3) is 0 Å². The summed E-state index contributed by atoms with van der Waals surface area (Å²) in [6.07, 6.45) is 0. The monoisotopic (exact) mass is 257 g/mol. The van der Waals surface area contributed by atoms with E-state index in [-0.39, 0.29) is 5.41 Å². The Hall–Kier alpha value is -0.540. The normalized spacial score (nSPS) is 14.1. The summed E-state index contributed by atoms with van der Waals surface area (Å²) in [7, 11) is 0. The molecule has 0 bridgehead atoms. The van der Waals surface area contributed by atoms with Gasteiger partial charge in [0.25, 0.3) is 0 Å². The molecule has 1 aromatic heterocycles. The van der Waals surface area contributed by atoms with Crippen molar-refractivity contribution in [1.82, 2.24) is 15.1 Å². The van der Waals surface area contributed by atoms with Crippen LogP contribution in [-0.4, -0.2) is 15.8 Å². The van der Waals surface area contributed by atoms with E-state index in [1.54, 1.807) is 0 Å². The Morgan fingerprint density at radius 2 is 2.00 bits per heavy atom. The molecule has 0 spiro atoms. The molecule has 0 aliphatic rings. The fourth-order valence-electron chi connectivity index (χ4n) is 1.59. The first-order valence-corrected chi connectivity index (χ1v) is 6.60. The van der Waals surface area contributed by atoms with Crippen molar-refractivity contribution < 1.29 is 0 Å². The maximum atomic E-state index is 6.27. The van der Waals surface area contributed by atoms with E-state index >= 15 is 0 Å². The van der Waals surface area contributed by atoms with Gasteiger partial charge in [0.1, 0.15) is 0 Å². The Balaban J connectivity index is 2.76. The molecule has 0 aromatic carbocycles. The van der Waals surface area contributed by atoms with Gasteiger partial charge in [-0.25, -0.2) is 0 Å². The molecule has 4 heteroatoms. The largest absolute Gasteiger partial charge is 0.308 e. The van der Waals surface area contributed by atoms with Crippen molar-refractivity contribution in [3.05, 3.63) is 16.4 Å². The highest BCUT2D eigenvalue weighted by Gasteiger charge is 2.20. The second-order valence-corrected chi connectivity index (χ2v) is 6.01. The van der Waals surface area contributed by atoms with Gasteiger partial charge in [-0.1, -0.05) is 32.4 Å². The summed E-state index contributed by atoms with van der Waals surface area (Å²) in [6.45, 7) is 14.6. The Bertz CT molecular complexity index is 377. The minimum absolute atomic E-state index is 0.249. The molecule has 0 amide bonds. The van der Waals surface area contributed by atoms with Crippen molar-refractivity contribution in [2.45, 2.75) is 60.7 Å². The van der Waals surface area contributed by atoms with Crippen LogP contribution in [-0.2, 0) is 13.1 Å². The molecule has 0 aliphatic heterocycles. The van der Waals surface area contributed by atoms with Gasteiger partial charge in [-0.15, -0.1) is 0 Å². The van der Waals surface area contributed by atoms with Crippen LogP contribution in [0, 0.1) is 12.3 Å². The van der Waals surface area contributed by atoms with Crippen molar-refractivity contribution in [3.63, 3.8) is 0 Å². The number of hydrogen-bond acceptors (Lipinski definition) is 2. The third kappa shape index (κ3) is 3.46. The van der Waals surface area contributed by atoms with E-state index < -0.39 is 0 Å². The number of hydrogen-bond donors (Lipinski definition) is 1. The van der Waals surface area contributed by atoms with Crippen LogP contribution in [0.3, 0.4) is 0 Å². The third-order valence-electron chi connectivity index (χ3n) is 3.33. The van der Waals surface area contributed by atoms with Crippen LogP contribution >= 0.6 is 11.6 Å². The van der Waals surface area contributed by atoms with Crippen LogP contribution in [0.1, 0.15) is 46.0 Å². The standard InChI is InChI=1S/C13H24ClN3/c1-7-17-11(12(14)9(2)16-17)8-15-10(3)13(4,5)6/h10,15H,7-8H2,1-6H3. The maximum absolute atomic E-state index is 6.27. The number of nitrogens with one attached hydrogen (secondary N) is 1. The topological polar surface area (TPSA) is 29.9 Å². The third-order valence-corrected chi connectivity index (χ3v) is 3.82. The summed E-state index contributed by atoms with van der Waals surface area (Å²) in [6, 6.07) is 0.430. The lowest BCUT2D eigenvalue weighted by Gasteiger charge is -2.28. The van der Waals surface area contributed by atoms with Gasteiger partial charge in [-0.3, -0.25) is 4.68 Å². The predicted molar refractivity (Wildman–Crippen MR) is 73.4 cm³/mol. The van der Waals surface area contributed by atoms with Crippen molar-refractivity contribution in [2.75, 3.05) is 0 Å². The smallest absolute Gasteiger partial charge is 0.0860 e. The summed E-state index contributed by atoms with van der Waals surface area (Å²) in [5, 5.41) is 8.73. The van der Waals surface area contributed by atoms with E-state index in [9.17, 15) is 0 Å². The number of rotatable bonds is 4. The van der Waals surface area contributed by atoms with Gasteiger partial charge >= 0.3 is 0 Å². The molecule has 1 N–H and O–H groups in total. The first-order chi connectivity index (χ1) is 7.77. The summed E-state index contributed by atoms with van der Waals surface area (Å²) in [5.74, 6) is 0. The summed E-state index contributed by atoms with van der Waals surface area (Å²) < 4.78 is 1.97. The first kappa shape index (κ1) is 14.5. The second-order valence-electron chi connectivity index (χ2n) is 5.63. The number of aromatic nitrogens is 2. The van der Waals surface area contributed by atoms with Crippen LogP contribution < -0.4 is 5.32 Å². The molecule has 1 aromatic rings. The molecule has 1 rings (SSSR count). The minimum atomic E-state index is 0.249. The van der Waals surface area contributed by atoms with E-state index in [1.807, 2.05) is 11.6 Å². The van der Waals surface area contributed by atoms with Crippen LogP contribution in [0.15, 0.2) is 0 Å². The molecule has 0 radical (unpaired) electrons. The molecule has 0 saturated heterocycles. The van der Waals surface area contributed by atoms with Crippen LogP contribution in [0.4, 0.5) is 0 Å². The van der Waals surface area contributed by atoms with Gasteiger partial charge in [0.2, 0.25) is 0 Å². The fourth-order valence-corrected chi connectivity index (χ4v) is 1.80. The molecule has 1 atom stereocenters. The molecule has 0 saturated carbocycles. The lowest BCUT2D eigenvalue weighted by atomic mass is 9.88. The first-order valence-electron chi connectivity index (χ1n) is 6.22. The van der Waals surface area contributed by atoms with E-state index in [2.05, 4.69) is 45.0 Å². The van der Waals surface area contributed by atoms with Gasteiger partial charge < -0.3 is 5.32 Å². The summed E-state index contributed by atoms with van der Waals surface area (Å²) >= 11 is 6.27. The minimum Gasteiger partial charge on any atom is -0.308 e. The maximum Gasteiger partial charge on any atom is 0.0860 e. The average Bonchev–Trinajstić information content (AvgIpc) is 2.50. The number of halogens is 1. The summed E-state index contributed by atoms with van der Waals surface area (Å²) in [5.41, 5.74) is 2.25. The lowest BCUT2D eigenvalue weighted by molar-refractivity contribution is 0.283. The van der Waals surface area contributed by atoms with Crippen molar-refractivity contribution in [1.29, 1.82) is 0 Å². The van der Waals surface area contributed by atoms with Crippen LogP contribution in [0.2, 0.25) is 5.02 Å². The van der Waals surface area contributed by atoms with Gasteiger partial charge in [0.05, 0.1) is 16.4 Å². The predicted octanol–water partition coefficient (Wildman–Crippen LogP) is 3.39. The number of aryl methyl sites for hydroxylation is 2. The molecule has 1 unspecified atom stereocenters. The van der Waals surface area contributed by atoms with Crippen LogP contribution in [0.5, 0.6) is 0 Å². The van der Waals surface area contributed by atoms with Gasteiger partial charge in [0, 0.05) is 19.1 Å². The SMILES string of the molecule is CCn1nc(C)c(Cl)c1CNC(C)C(C)(C)C. The highest BCUT2D eigenvalue weighted by atomic mass is 35.5. The van der Waals surface area contributed by atoms with E-state index in [4.69, 9.17) is 11.6 Å². The Labute approximate surface area is 110 Å². The quantitative estimate of drug-likeness (QED) is 0.896. The zero-order valence-electron chi connectivity index (χ0n) is 11.8. The highest BCUT2D eigenvalue weighted by molar-refractivity contribution is 6.31. The van der Waals surface area contributed by atoms with Gasteiger partial charge in [-0.2, -0.15) is 5.10 Å². The molecule has 17 heavy (non-hydrogen) atoms. The highest BCUT2D eigenvalue weighted by Crippen LogP contribution is 2.22. The van der Waals surface area contributed by atoms with Crippen molar-refractivity contribution in [3.8, 4) is 0 Å².